The fourth-order valence-electron chi connectivity index (χ4n) is 5.22. The maximum Gasteiger partial charge on any atom is 0.340 e. The van der Waals surface area contributed by atoms with Crippen LogP contribution in [0.1, 0.15) is 64.1 Å². The summed E-state index contributed by atoms with van der Waals surface area (Å²) < 4.78 is 12.7. The molecule has 1 amide bonds. The highest BCUT2D eigenvalue weighted by molar-refractivity contribution is 6.01. The van der Waals surface area contributed by atoms with Gasteiger partial charge in [-0.3, -0.25) is 4.79 Å². The third-order valence-electron chi connectivity index (χ3n) is 7.31. The predicted octanol–water partition coefficient (Wildman–Crippen LogP) is 5.55. The van der Waals surface area contributed by atoms with E-state index in [9.17, 15) is 9.59 Å². The molecule has 0 unspecified atom stereocenters. The zero-order chi connectivity index (χ0) is 27.2. The molecule has 1 spiro atoms. The lowest BCUT2D eigenvalue weighted by Crippen LogP contribution is -2.33. The molecule has 5 rings (SSSR count). The molecule has 7 heteroatoms. The molecule has 0 fully saturated rings. The minimum absolute atomic E-state index is 0.190. The normalized spacial score (nSPS) is 14.3. The van der Waals surface area contributed by atoms with Crippen molar-refractivity contribution >= 4 is 23.3 Å². The second kappa shape index (κ2) is 9.71. The smallest absolute Gasteiger partial charge is 0.340 e. The van der Waals surface area contributed by atoms with E-state index in [0.29, 0.717) is 40.7 Å². The third kappa shape index (κ3) is 4.26. The van der Waals surface area contributed by atoms with Gasteiger partial charge in [0.25, 0.3) is 5.91 Å². The van der Waals surface area contributed by atoms with Crippen molar-refractivity contribution in [3.05, 3.63) is 82.4 Å². The van der Waals surface area contributed by atoms with Gasteiger partial charge in [-0.25, -0.2) is 4.79 Å². The molecule has 0 aliphatic carbocycles. The lowest BCUT2D eigenvalue weighted by Gasteiger charge is -2.37. The lowest BCUT2D eigenvalue weighted by atomic mass is 9.77. The molecule has 198 valence electrons. The van der Waals surface area contributed by atoms with Crippen LogP contribution < -0.4 is 19.9 Å². The average molecular weight is 514 g/mol. The van der Waals surface area contributed by atoms with Crippen molar-refractivity contribution in [3.63, 3.8) is 0 Å². The zero-order valence-electron chi connectivity index (χ0n) is 22.9. The molecule has 3 aromatic rings. The Kier molecular flexibility index (Phi) is 6.55. The van der Waals surface area contributed by atoms with Crippen LogP contribution in [0.15, 0.2) is 54.6 Å². The number of benzene rings is 3. The van der Waals surface area contributed by atoms with Crippen LogP contribution in [0.4, 0.5) is 11.4 Å². The quantitative estimate of drug-likeness (QED) is 0.330. The SMILES string of the molecule is CC(C)CCCNC(=O)c1ccc2c(c1)C(=O)OC21c2ccc(N(C)C)cc2Oc2cc(N(C)C)ccc21. The largest absolute Gasteiger partial charge is 0.456 e. The van der Waals surface area contributed by atoms with E-state index in [-0.39, 0.29) is 5.91 Å². The average Bonchev–Trinajstić information content (AvgIpc) is 3.17. The summed E-state index contributed by atoms with van der Waals surface area (Å²) in [6.45, 7) is 4.93. The van der Waals surface area contributed by atoms with Gasteiger partial charge in [-0.15, -0.1) is 0 Å². The summed E-state index contributed by atoms with van der Waals surface area (Å²) in [5.41, 5.74) is 3.84. The first-order chi connectivity index (χ1) is 18.1. The van der Waals surface area contributed by atoms with Crippen molar-refractivity contribution in [2.24, 2.45) is 5.92 Å². The summed E-state index contributed by atoms with van der Waals surface area (Å²) in [4.78, 5) is 30.3. The van der Waals surface area contributed by atoms with Crippen molar-refractivity contribution in [3.8, 4) is 11.5 Å². The molecule has 0 saturated heterocycles. The van der Waals surface area contributed by atoms with Crippen molar-refractivity contribution in [2.75, 3.05) is 44.5 Å². The monoisotopic (exact) mass is 513 g/mol. The Hall–Kier alpha value is -4.00. The maximum atomic E-state index is 13.4. The van der Waals surface area contributed by atoms with Crippen LogP contribution in [0, 0.1) is 5.92 Å². The molecule has 0 radical (unpaired) electrons. The van der Waals surface area contributed by atoms with Gasteiger partial charge in [0.2, 0.25) is 0 Å². The Morgan fingerprint density at radius 1 is 0.868 bits per heavy atom. The Labute approximate surface area is 224 Å². The topological polar surface area (TPSA) is 71.1 Å². The molecule has 0 saturated carbocycles. The number of esters is 1. The minimum atomic E-state index is -1.17. The number of hydrogen-bond donors (Lipinski definition) is 1. The molecule has 38 heavy (non-hydrogen) atoms. The summed E-state index contributed by atoms with van der Waals surface area (Å²) in [6, 6.07) is 17.1. The molecule has 2 aliphatic heterocycles. The number of anilines is 2. The number of rotatable bonds is 7. The number of carbonyl (C=O) groups is 2. The highest BCUT2D eigenvalue weighted by Gasteiger charge is 2.53. The summed E-state index contributed by atoms with van der Waals surface area (Å²) in [7, 11) is 7.88. The van der Waals surface area contributed by atoms with Crippen LogP contribution >= 0.6 is 0 Å². The molecule has 1 N–H and O–H groups in total. The molecule has 7 nitrogen and oxygen atoms in total. The molecule has 2 aliphatic rings. The van der Waals surface area contributed by atoms with E-state index in [1.54, 1.807) is 12.1 Å². The molecule has 2 heterocycles. The van der Waals surface area contributed by atoms with Gasteiger partial charge in [-0.2, -0.15) is 0 Å². The number of nitrogens with zero attached hydrogens (tertiary/aromatic N) is 2. The van der Waals surface area contributed by atoms with Gasteiger partial charge in [0.15, 0.2) is 5.60 Å². The Balaban J connectivity index is 1.60. The number of amides is 1. The van der Waals surface area contributed by atoms with Gasteiger partial charge < -0.3 is 24.6 Å². The van der Waals surface area contributed by atoms with Gasteiger partial charge in [-0.1, -0.05) is 19.9 Å². The first-order valence-corrected chi connectivity index (χ1v) is 13.1. The highest BCUT2D eigenvalue weighted by atomic mass is 16.6. The summed E-state index contributed by atoms with van der Waals surface area (Å²) in [5.74, 6) is 1.20. The number of fused-ring (bicyclic) bond motifs is 6. The Bertz CT molecular complexity index is 1350. The standard InChI is InChI=1S/C31H35N3O4/c1-19(2)8-7-15-32-29(35)20-9-12-24-23(16-20)30(36)38-31(24)25-13-10-21(33(3)4)17-27(25)37-28-18-22(34(5)6)11-14-26(28)31/h9-14,16-19H,7-8,15H2,1-6H3,(H,32,35). The number of nitrogens with one attached hydrogen (secondary N) is 1. The second-order valence-corrected chi connectivity index (χ2v) is 10.9. The van der Waals surface area contributed by atoms with Gasteiger partial charge in [0.1, 0.15) is 11.5 Å². The first-order valence-electron chi connectivity index (χ1n) is 13.1. The van der Waals surface area contributed by atoms with Crippen LogP contribution in [0.25, 0.3) is 0 Å². The first kappa shape index (κ1) is 25.6. The van der Waals surface area contributed by atoms with Crippen LogP contribution in [0.3, 0.4) is 0 Å². The summed E-state index contributed by atoms with van der Waals surface area (Å²) >= 11 is 0. The molecule has 0 atom stereocenters. The van der Waals surface area contributed by atoms with Crippen LogP contribution in [0.2, 0.25) is 0 Å². The van der Waals surface area contributed by atoms with E-state index in [1.165, 1.54) is 0 Å². The van der Waals surface area contributed by atoms with E-state index in [4.69, 9.17) is 9.47 Å². The summed E-state index contributed by atoms with van der Waals surface area (Å²) in [6.07, 6.45) is 1.96. The number of hydrogen-bond acceptors (Lipinski definition) is 6. The van der Waals surface area contributed by atoms with Gasteiger partial charge >= 0.3 is 5.97 Å². The van der Waals surface area contributed by atoms with E-state index >= 15 is 0 Å². The van der Waals surface area contributed by atoms with E-state index in [1.807, 2.05) is 80.5 Å². The zero-order valence-corrected chi connectivity index (χ0v) is 22.9. The van der Waals surface area contributed by atoms with Gasteiger partial charge in [-0.05, 0) is 55.2 Å². The highest BCUT2D eigenvalue weighted by Crippen LogP contribution is 2.57. The fraction of sp³-hybridized carbons (Fsp3) is 0.355. The van der Waals surface area contributed by atoms with Gasteiger partial charge in [0, 0.05) is 80.5 Å². The van der Waals surface area contributed by atoms with Crippen LogP contribution in [-0.2, 0) is 10.3 Å². The van der Waals surface area contributed by atoms with E-state index in [0.717, 1.165) is 35.3 Å². The third-order valence-corrected chi connectivity index (χ3v) is 7.31. The van der Waals surface area contributed by atoms with Crippen molar-refractivity contribution in [1.29, 1.82) is 0 Å². The molecule has 0 bridgehead atoms. The van der Waals surface area contributed by atoms with Crippen molar-refractivity contribution in [2.45, 2.75) is 32.3 Å². The Morgan fingerprint density at radius 2 is 1.45 bits per heavy atom. The lowest BCUT2D eigenvalue weighted by molar-refractivity contribution is 0.0224. The molecular formula is C31H35N3O4. The molecular weight excluding hydrogens is 478 g/mol. The summed E-state index contributed by atoms with van der Waals surface area (Å²) in [5, 5.41) is 2.98. The van der Waals surface area contributed by atoms with E-state index < -0.39 is 11.6 Å². The van der Waals surface area contributed by atoms with Crippen LogP contribution in [-0.4, -0.2) is 46.6 Å². The van der Waals surface area contributed by atoms with Crippen LogP contribution in [0.5, 0.6) is 11.5 Å². The minimum Gasteiger partial charge on any atom is -0.456 e. The second-order valence-electron chi connectivity index (χ2n) is 10.9. The molecule has 0 aromatic heterocycles. The fourth-order valence-corrected chi connectivity index (χ4v) is 5.22. The number of ether oxygens (including phenoxy) is 2. The van der Waals surface area contributed by atoms with Crippen molar-refractivity contribution in [1.82, 2.24) is 5.32 Å². The molecule has 3 aromatic carbocycles. The Morgan fingerprint density at radius 3 is 2.00 bits per heavy atom. The van der Waals surface area contributed by atoms with Gasteiger partial charge in [0.05, 0.1) is 5.56 Å². The maximum absolute atomic E-state index is 13.4. The van der Waals surface area contributed by atoms with Crippen molar-refractivity contribution < 1.29 is 19.1 Å². The predicted molar refractivity (Wildman–Crippen MR) is 150 cm³/mol. The number of carbonyl (C=O) groups excluding carboxylic acids is 2. The van der Waals surface area contributed by atoms with E-state index in [2.05, 4.69) is 19.2 Å².